The maximum absolute atomic E-state index is 10.7. The first-order chi connectivity index (χ1) is 9.31. The third kappa shape index (κ3) is 5.06. The summed E-state index contributed by atoms with van der Waals surface area (Å²) in [4.78, 5) is 10.7. The van der Waals surface area contributed by atoms with Gasteiger partial charge in [-0.15, -0.1) is 0 Å². The molecule has 0 amide bonds. The number of hydrogen-bond donors (Lipinski definition) is 2. The molecule has 1 aromatic rings. The number of benzene rings is 1. The maximum Gasteiger partial charge on any atom is 0.320 e. The van der Waals surface area contributed by atoms with Crippen molar-refractivity contribution >= 4 is 14.4 Å². The Hall–Kier alpha value is -1.20. The van der Waals surface area contributed by atoms with Crippen LogP contribution in [0.25, 0.3) is 0 Å². The van der Waals surface area contributed by atoms with E-state index in [1.807, 2.05) is 61.8 Å². The SMILES string of the molecule is CN(C)P(Oc1ccc(C[C@H](N)C(=O)O)cc1)N(C)C. The van der Waals surface area contributed by atoms with Gasteiger partial charge >= 0.3 is 5.97 Å². The highest BCUT2D eigenvalue weighted by molar-refractivity contribution is 7.47. The number of hydrogen-bond acceptors (Lipinski definition) is 5. The Labute approximate surface area is 121 Å². The summed E-state index contributed by atoms with van der Waals surface area (Å²) in [5, 5.41) is 8.78. The maximum atomic E-state index is 10.7. The summed E-state index contributed by atoms with van der Waals surface area (Å²) in [6.45, 7) is 0. The van der Waals surface area contributed by atoms with Crippen LogP contribution in [-0.4, -0.2) is 54.6 Å². The molecule has 1 rings (SSSR count). The molecule has 0 saturated carbocycles. The summed E-state index contributed by atoms with van der Waals surface area (Å²) in [6.07, 6.45) is 0.311. The molecule has 0 unspecified atom stereocenters. The second-order valence-corrected chi connectivity index (χ2v) is 7.12. The largest absolute Gasteiger partial charge is 0.480 e. The quantitative estimate of drug-likeness (QED) is 0.740. The van der Waals surface area contributed by atoms with Crippen LogP contribution in [0.5, 0.6) is 5.75 Å². The highest BCUT2D eigenvalue weighted by Gasteiger charge is 2.17. The van der Waals surface area contributed by atoms with Gasteiger partial charge < -0.3 is 15.4 Å². The Morgan fingerprint density at radius 2 is 1.75 bits per heavy atom. The first-order valence-corrected chi connectivity index (χ1v) is 7.37. The number of carboxylic acid groups (broad SMARTS) is 1. The van der Waals surface area contributed by atoms with Gasteiger partial charge in [0.1, 0.15) is 11.8 Å². The van der Waals surface area contributed by atoms with Gasteiger partial charge in [0, 0.05) is 0 Å². The zero-order valence-electron chi connectivity index (χ0n) is 12.3. The fourth-order valence-corrected chi connectivity index (χ4v) is 3.00. The summed E-state index contributed by atoms with van der Waals surface area (Å²) in [5.74, 6) is -0.236. The van der Waals surface area contributed by atoms with E-state index in [9.17, 15) is 4.79 Å². The highest BCUT2D eigenvalue weighted by Crippen LogP contribution is 2.41. The first-order valence-electron chi connectivity index (χ1n) is 6.21. The summed E-state index contributed by atoms with van der Waals surface area (Å²) >= 11 is 0. The minimum absolute atomic E-state index is 0.311. The molecule has 1 aromatic carbocycles. The minimum atomic E-state index is -0.992. The van der Waals surface area contributed by atoms with Crippen molar-refractivity contribution < 1.29 is 14.4 Å². The molecule has 0 fully saturated rings. The molecule has 0 heterocycles. The zero-order chi connectivity index (χ0) is 15.3. The third-order valence-electron chi connectivity index (χ3n) is 2.57. The number of rotatable bonds is 7. The van der Waals surface area contributed by atoms with Crippen LogP contribution in [0.2, 0.25) is 0 Å². The molecule has 1 atom stereocenters. The lowest BCUT2D eigenvalue weighted by atomic mass is 10.1. The second-order valence-electron chi connectivity index (χ2n) is 4.83. The number of aliphatic carboxylic acids is 1. The Kier molecular flexibility index (Phi) is 6.36. The summed E-state index contributed by atoms with van der Waals surface area (Å²) in [7, 11) is 7.01. The van der Waals surface area contributed by atoms with Crippen LogP contribution in [0.3, 0.4) is 0 Å². The predicted molar refractivity (Wildman–Crippen MR) is 80.7 cm³/mol. The van der Waals surface area contributed by atoms with Gasteiger partial charge in [0.15, 0.2) is 0 Å². The monoisotopic (exact) mass is 299 g/mol. The zero-order valence-corrected chi connectivity index (χ0v) is 13.2. The van der Waals surface area contributed by atoms with E-state index >= 15 is 0 Å². The molecule has 0 aliphatic heterocycles. The van der Waals surface area contributed by atoms with Crippen LogP contribution in [0.1, 0.15) is 5.56 Å². The highest BCUT2D eigenvalue weighted by atomic mass is 31.2. The molecule has 7 heteroatoms. The molecular formula is C13H22N3O3P. The van der Waals surface area contributed by atoms with E-state index in [4.69, 9.17) is 15.4 Å². The predicted octanol–water partition coefficient (Wildman–Crippen LogP) is 1.37. The van der Waals surface area contributed by atoms with Gasteiger partial charge in [-0.1, -0.05) is 12.1 Å². The average molecular weight is 299 g/mol. The smallest absolute Gasteiger partial charge is 0.320 e. The van der Waals surface area contributed by atoms with Gasteiger partial charge in [-0.05, 0) is 52.3 Å². The number of carboxylic acids is 1. The topological polar surface area (TPSA) is 79.0 Å². The Morgan fingerprint density at radius 1 is 1.25 bits per heavy atom. The minimum Gasteiger partial charge on any atom is -0.480 e. The lowest BCUT2D eigenvalue weighted by Crippen LogP contribution is -2.32. The molecular weight excluding hydrogens is 277 g/mol. The summed E-state index contributed by atoms with van der Waals surface area (Å²) in [5.41, 5.74) is 6.39. The molecule has 0 aliphatic rings. The van der Waals surface area contributed by atoms with E-state index in [1.54, 1.807) is 0 Å². The molecule has 6 nitrogen and oxygen atoms in total. The van der Waals surface area contributed by atoms with Crippen LogP contribution in [-0.2, 0) is 11.2 Å². The second kappa shape index (κ2) is 7.55. The standard InChI is InChI=1S/C13H22N3O3P/c1-15(2)20(16(3)4)19-11-7-5-10(6-8-11)9-12(14)13(17)18/h5-8,12H,9,14H2,1-4H3,(H,17,18)/t12-/m0/s1. The van der Waals surface area contributed by atoms with Crippen LogP contribution in [0, 0.1) is 0 Å². The van der Waals surface area contributed by atoms with Crippen molar-refractivity contribution in [1.29, 1.82) is 0 Å². The molecule has 112 valence electrons. The molecule has 0 bridgehead atoms. The van der Waals surface area contributed by atoms with E-state index in [2.05, 4.69) is 0 Å². The molecule has 0 radical (unpaired) electrons. The molecule has 0 aliphatic carbocycles. The van der Waals surface area contributed by atoms with Gasteiger partial charge in [0.2, 0.25) is 8.45 Å². The van der Waals surface area contributed by atoms with Gasteiger partial charge in [0.05, 0.1) is 0 Å². The lowest BCUT2D eigenvalue weighted by molar-refractivity contribution is -0.138. The first kappa shape index (κ1) is 16.9. The Bertz CT molecular complexity index is 429. The van der Waals surface area contributed by atoms with Crippen LogP contribution in [0.15, 0.2) is 24.3 Å². The van der Waals surface area contributed by atoms with Crippen LogP contribution >= 0.6 is 8.45 Å². The fraction of sp³-hybridized carbons (Fsp3) is 0.462. The summed E-state index contributed by atoms with van der Waals surface area (Å²) < 4.78 is 9.95. The third-order valence-corrected chi connectivity index (χ3v) is 4.31. The van der Waals surface area contributed by atoms with E-state index in [1.165, 1.54) is 0 Å². The van der Waals surface area contributed by atoms with Gasteiger partial charge in [-0.2, -0.15) is 0 Å². The number of carbonyl (C=O) groups is 1. The summed E-state index contributed by atoms with van der Waals surface area (Å²) in [6, 6.07) is 6.49. The van der Waals surface area contributed by atoms with Crippen molar-refractivity contribution in [1.82, 2.24) is 9.34 Å². The number of nitrogens with zero attached hydrogens (tertiary/aromatic N) is 2. The molecule has 0 spiro atoms. The number of nitrogens with two attached hydrogens (primary N) is 1. The Morgan fingerprint density at radius 3 is 2.15 bits per heavy atom. The molecule has 0 saturated heterocycles. The van der Waals surface area contributed by atoms with Crippen molar-refractivity contribution in [2.24, 2.45) is 5.73 Å². The van der Waals surface area contributed by atoms with Crippen molar-refractivity contribution in [2.75, 3.05) is 28.2 Å². The van der Waals surface area contributed by atoms with Crippen molar-refractivity contribution in [2.45, 2.75) is 12.5 Å². The van der Waals surface area contributed by atoms with Crippen LogP contribution < -0.4 is 10.3 Å². The Balaban J connectivity index is 2.69. The molecule has 20 heavy (non-hydrogen) atoms. The van der Waals surface area contributed by atoms with Crippen molar-refractivity contribution in [3.05, 3.63) is 29.8 Å². The van der Waals surface area contributed by atoms with Crippen molar-refractivity contribution in [3.63, 3.8) is 0 Å². The van der Waals surface area contributed by atoms with Gasteiger partial charge in [-0.3, -0.25) is 4.79 Å². The normalized spacial score (nSPS) is 13.0. The van der Waals surface area contributed by atoms with E-state index in [0.29, 0.717) is 6.42 Å². The molecule has 0 aromatic heterocycles. The van der Waals surface area contributed by atoms with E-state index < -0.39 is 20.5 Å². The lowest BCUT2D eigenvalue weighted by Gasteiger charge is -2.28. The van der Waals surface area contributed by atoms with E-state index in [0.717, 1.165) is 11.3 Å². The van der Waals surface area contributed by atoms with E-state index in [-0.39, 0.29) is 0 Å². The van der Waals surface area contributed by atoms with Crippen molar-refractivity contribution in [3.8, 4) is 5.75 Å². The average Bonchev–Trinajstić information content (AvgIpc) is 2.36. The van der Waals surface area contributed by atoms with Gasteiger partial charge in [-0.25, -0.2) is 9.34 Å². The molecule has 3 N–H and O–H groups in total. The fourth-order valence-electron chi connectivity index (χ4n) is 1.64. The van der Waals surface area contributed by atoms with Crippen LogP contribution in [0.4, 0.5) is 0 Å². The van der Waals surface area contributed by atoms with Gasteiger partial charge in [0.25, 0.3) is 0 Å².